The summed E-state index contributed by atoms with van der Waals surface area (Å²) in [5.41, 5.74) is 0.596. The summed E-state index contributed by atoms with van der Waals surface area (Å²) < 4.78 is 0. The van der Waals surface area contributed by atoms with Crippen molar-refractivity contribution in [2.45, 2.75) is 25.4 Å². The molecule has 22 heavy (non-hydrogen) atoms. The quantitative estimate of drug-likeness (QED) is 0.921. The van der Waals surface area contributed by atoms with E-state index in [1.54, 1.807) is 6.20 Å². The summed E-state index contributed by atoms with van der Waals surface area (Å²) >= 11 is 0. The highest BCUT2D eigenvalue weighted by atomic mass is 16.3. The minimum Gasteiger partial charge on any atom is -0.378 e. The van der Waals surface area contributed by atoms with Gasteiger partial charge in [0.05, 0.1) is 5.69 Å². The van der Waals surface area contributed by atoms with Gasteiger partial charge in [0.2, 0.25) is 0 Å². The Morgan fingerprint density at radius 3 is 2.41 bits per heavy atom. The fourth-order valence-corrected chi connectivity index (χ4v) is 3.45. The lowest BCUT2D eigenvalue weighted by Gasteiger charge is -2.36. The Hall–Kier alpha value is -1.71. The van der Waals surface area contributed by atoms with Gasteiger partial charge in [0.15, 0.2) is 0 Å². The number of aromatic nitrogens is 1. The van der Waals surface area contributed by atoms with Crippen LogP contribution >= 0.6 is 0 Å². The number of aliphatic hydroxyl groups is 1. The van der Waals surface area contributed by atoms with Gasteiger partial charge in [-0.15, -0.1) is 0 Å². The van der Waals surface area contributed by atoms with Gasteiger partial charge in [-0.25, -0.2) is 0 Å². The average Bonchev–Trinajstić information content (AvgIpc) is 3.08. The van der Waals surface area contributed by atoms with Gasteiger partial charge in [0.1, 0.15) is 5.60 Å². The predicted molar refractivity (Wildman–Crippen MR) is 88.5 cm³/mol. The van der Waals surface area contributed by atoms with E-state index >= 15 is 0 Å². The van der Waals surface area contributed by atoms with E-state index in [1.165, 1.54) is 12.8 Å². The smallest absolute Gasteiger partial charge is 0.135 e. The topological polar surface area (TPSA) is 36.4 Å². The molecule has 0 bridgehead atoms. The van der Waals surface area contributed by atoms with Crippen LogP contribution < -0.4 is 0 Å². The first-order valence-corrected chi connectivity index (χ1v) is 8.13. The van der Waals surface area contributed by atoms with E-state index in [9.17, 15) is 5.11 Å². The average molecular weight is 296 g/mol. The molecule has 3 rings (SSSR count). The maximum Gasteiger partial charge on any atom is 0.135 e. The van der Waals surface area contributed by atoms with Crippen LogP contribution in [0.15, 0.2) is 54.7 Å². The van der Waals surface area contributed by atoms with E-state index in [4.69, 9.17) is 0 Å². The van der Waals surface area contributed by atoms with Crippen LogP contribution in [0, 0.1) is 5.92 Å². The summed E-state index contributed by atoms with van der Waals surface area (Å²) in [6.07, 6.45) is 4.28. The first-order chi connectivity index (χ1) is 10.7. The molecule has 0 aliphatic carbocycles. The maximum absolute atomic E-state index is 11.6. The summed E-state index contributed by atoms with van der Waals surface area (Å²) in [5, 5.41) is 11.6. The molecule has 1 aliphatic heterocycles. The van der Waals surface area contributed by atoms with E-state index in [0.717, 1.165) is 30.9 Å². The van der Waals surface area contributed by atoms with Crippen LogP contribution in [0.1, 0.15) is 31.0 Å². The van der Waals surface area contributed by atoms with Crippen molar-refractivity contribution in [2.75, 3.05) is 19.6 Å². The maximum atomic E-state index is 11.6. The summed E-state index contributed by atoms with van der Waals surface area (Å²) in [6, 6.07) is 15.7. The first kappa shape index (κ1) is 15.2. The number of likely N-dealkylation sites (tertiary alicyclic amines) is 1. The van der Waals surface area contributed by atoms with Crippen molar-refractivity contribution < 1.29 is 5.11 Å². The van der Waals surface area contributed by atoms with E-state index in [2.05, 4.69) is 16.8 Å². The highest BCUT2D eigenvalue weighted by Crippen LogP contribution is 2.36. The largest absolute Gasteiger partial charge is 0.378 e. The van der Waals surface area contributed by atoms with Gasteiger partial charge in [-0.1, -0.05) is 43.3 Å². The second-order valence-electron chi connectivity index (χ2n) is 6.26. The molecule has 2 aromatic rings. The Kier molecular flexibility index (Phi) is 4.55. The van der Waals surface area contributed by atoms with Gasteiger partial charge in [0, 0.05) is 18.7 Å². The predicted octanol–water partition coefficient (Wildman–Crippen LogP) is 3.05. The number of pyridine rings is 1. The number of hydrogen-bond donors (Lipinski definition) is 1. The molecule has 0 radical (unpaired) electrons. The van der Waals surface area contributed by atoms with Crippen LogP contribution in [0.4, 0.5) is 0 Å². The van der Waals surface area contributed by atoms with Crippen LogP contribution in [0.5, 0.6) is 0 Å². The van der Waals surface area contributed by atoms with E-state index in [-0.39, 0.29) is 5.92 Å². The van der Waals surface area contributed by atoms with Crippen molar-refractivity contribution in [3.05, 3.63) is 66.0 Å². The van der Waals surface area contributed by atoms with Crippen molar-refractivity contribution >= 4 is 0 Å². The van der Waals surface area contributed by atoms with Crippen molar-refractivity contribution in [3.8, 4) is 0 Å². The Morgan fingerprint density at radius 1 is 1.09 bits per heavy atom. The Labute approximate surface area is 132 Å². The van der Waals surface area contributed by atoms with E-state index in [1.807, 2.05) is 48.5 Å². The third-order valence-electron chi connectivity index (χ3n) is 4.71. The second kappa shape index (κ2) is 6.59. The van der Waals surface area contributed by atoms with Crippen LogP contribution in [-0.4, -0.2) is 34.6 Å². The normalized spacial score (nSPS) is 19.7. The van der Waals surface area contributed by atoms with Gasteiger partial charge < -0.3 is 10.0 Å². The monoisotopic (exact) mass is 296 g/mol. The van der Waals surface area contributed by atoms with Crippen molar-refractivity contribution in [1.82, 2.24) is 9.88 Å². The van der Waals surface area contributed by atoms with Gasteiger partial charge >= 0.3 is 0 Å². The highest BCUT2D eigenvalue weighted by Gasteiger charge is 2.39. The zero-order valence-electron chi connectivity index (χ0n) is 13.2. The minimum absolute atomic E-state index is 0.0721. The molecule has 1 aromatic heterocycles. The lowest BCUT2D eigenvalue weighted by molar-refractivity contribution is 0.00663. The summed E-state index contributed by atoms with van der Waals surface area (Å²) in [5.74, 6) is 0.0721. The molecular weight excluding hydrogens is 272 g/mol. The van der Waals surface area contributed by atoms with Crippen LogP contribution in [0.25, 0.3) is 0 Å². The number of benzene rings is 1. The zero-order chi connectivity index (χ0) is 15.4. The van der Waals surface area contributed by atoms with Crippen molar-refractivity contribution in [1.29, 1.82) is 0 Å². The molecule has 0 saturated carbocycles. The Bertz CT molecular complexity index is 539. The van der Waals surface area contributed by atoms with Gasteiger partial charge in [0.25, 0.3) is 0 Å². The molecular formula is C19H24N2O. The highest BCUT2D eigenvalue weighted by molar-refractivity contribution is 5.33. The summed E-state index contributed by atoms with van der Waals surface area (Å²) in [6.45, 7) is 5.29. The fraction of sp³-hybridized carbons (Fsp3) is 0.421. The Balaban J connectivity index is 1.95. The van der Waals surface area contributed by atoms with Crippen LogP contribution in [0.3, 0.4) is 0 Å². The standard InChI is InChI=1S/C19H24N2O/c1-16(15-21-13-7-8-14-21)19(22,17-9-3-2-4-10-17)18-11-5-6-12-20-18/h2-6,9-12,16,22H,7-8,13-15H2,1H3. The van der Waals surface area contributed by atoms with Gasteiger partial charge in [-0.2, -0.15) is 0 Å². The van der Waals surface area contributed by atoms with Crippen LogP contribution in [-0.2, 0) is 5.60 Å². The fourth-order valence-electron chi connectivity index (χ4n) is 3.45. The zero-order valence-corrected chi connectivity index (χ0v) is 13.2. The molecule has 1 N–H and O–H groups in total. The third kappa shape index (κ3) is 2.92. The molecule has 2 unspecified atom stereocenters. The van der Waals surface area contributed by atoms with Crippen molar-refractivity contribution in [2.24, 2.45) is 5.92 Å². The molecule has 116 valence electrons. The molecule has 0 amide bonds. The molecule has 1 aromatic carbocycles. The van der Waals surface area contributed by atoms with Crippen LogP contribution in [0.2, 0.25) is 0 Å². The lowest BCUT2D eigenvalue weighted by atomic mass is 9.79. The second-order valence-corrected chi connectivity index (χ2v) is 6.26. The lowest BCUT2D eigenvalue weighted by Crippen LogP contribution is -2.41. The number of nitrogens with zero attached hydrogens (tertiary/aromatic N) is 2. The third-order valence-corrected chi connectivity index (χ3v) is 4.71. The summed E-state index contributed by atoms with van der Waals surface area (Å²) in [7, 11) is 0. The molecule has 2 atom stereocenters. The molecule has 3 nitrogen and oxygen atoms in total. The minimum atomic E-state index is -1.05. The molecule has 0 spiro atoms. The van der Waals surface area contributed by atoms with Gasteiger partial charge in [-0.05, 0) is 43.6 Å². The number of rotatable bonds is 5. The Morgan fingerprint density at radius 2 is 1.77 bits per heavy atom. The van der Waals surface area contributed by atoms with Crippen molar-refractivity contribution in [3.63, 3.8) is 0 Å². The molecule has 1 saturated heterocycles. The first-order valence-electron chi connectivity index (χ1n) is 8.13. The van der Waals surface area contributed by atoms with E-state index < -0.39 is 5.60 Å². The molecule has 1 aliphatic rings. The number of hydrogen-bond acceptors (Lipinski definition) is 3. The molecule has 3 heteroatoms. The molecule has 1 fully saturated rings. The van der Waals surface area contributed by atoms with E-state index in [0.29, 0.717) is 0 Å². The van der Waals surface area contributed by atoms with Gasteiger partial charge in [-0.3, -0.25) is 4.98 Å². The molecule has 2 heterocycles. The SMILES string of the molecule is CC(CN1CCCC1)C(O)(c1ccccc1)c1ccccn1. The summed E-state index contributed by atoms with van der Waals surface area (Å²) in [4.78, 5) is 6.90.